The van der Waals surface area contributed by atoms with E-state index in [0.29, 0.717) is 22.2 Å². The highest BCUT2D eigenvalue weighted by Gasteiger charge is 2.31. The molecule has 8 nitrogen and oxygen atoms in total. The van der Waals surface area contributed by atoms with Crippen LogP contribution in [-0.2, 0) is 0 Å². The molecular formula is C33H37F3N6O2S. The van der Waals surface area contributed by atoms with Crippen LogP contribution in [0.1, 0.15) is 73.7 Å². The summed E-state index contributed by atoms with van der Waals surface area (Å²) in [7, 11) is 0. The van der Waals surface area contributed by atoms with E-state index in [1.807, 2.05) is 23.8 Å². The molecular weight excluding hydrogens is 601 g/mol. The first-order valence-electron chi connectivity index (χ1n) is 14.8. The zero-order valence-electron chi connectivity index (χ0n) is 26.2. The van der Waals surface area contributed by atoms with Crippen molar-refractivity contribution in [3.8, 4) is 17.1 Å². The fourth-order valence-corrected chi connectivity index (χ4v) is 6.98. The van der Waals surface area contributed by atoms with Crippen LogP contribution in [0.2, 0.25) is 0 Å². The van der Waals surface area contributed by atoms with Gasteiger partial charge in [0.25, 0.3) is 0 Å². The number of carbonyl (C=O) groups excluding carboxylic acids is 1. The van der Waals surface area contributed by atoms with E-state index >= 15 is 0 Å². The number of aryl methyl sites for hydroxylation is 4. The number of hydrogen-bond donors (Lipinski definition) is 1. The Kier molecular flexibility index (Phi) is 9.33. The van der Waals surface area contributed by atoms with Crippen molar-refractivity contribution >= 4 is 17.4 Å². The monoisotopic (exact) mass is 638 g/mol. The van der Waals surface area contributed by atoms with E-state index in [9.17, 15) is 18.0 Å². The minimum Gasteiger partial charge on any atom is -0.406 e. The summed E-state index contributed by atoms with van der Waals surface area (Å²) < 4.78 is 44.9. The molecule has 0 aliphatic heterocycles. The van der Waals surface area contributed by atoms with Gasteiger partial charge < -0.3 is 10.1 Å². The van der Waals surface area contributed by atoms with E-state index < -0.39 is 12.4 Å². The number of rotatable bonds is 6. The van der Waals surface area contributed by atoms with E-state index in [0.717, 1.165) is 59.5 Å². The van der Waals surface area contributed by atoms with Gasteiger partial charge in [0, 0.05) is 22.7 Å². The average molecular weight is 639 g/mol. The highest BCUT2D eigenvalue weighted by Crippen LogP contribution is 2.38. The van der Waals surface area contributed by atoms with Crippen molar-refractivity contribution in [1.82, 2.24) is 24.6 Å². The largest absolute Gasteiger partial charge is 0.573 e. The van der Waals surface area contributed by atoms with Crippen LogP contribution in [0.4, 0.5) is 18.0 Å². The van der Waals surface area contributed by atoms with Gasteiger partial charge in [-0.3, -0.25) is 4.57 Å². The van der Waals surface area contributed by atoms with Gasteiger partial charge in [-0.2, -0.15) is 10.1 Å². The molecule has 0 spiro atoms. The topological polar surface area (TPSA) is 86.3 Å². The van der Waals surface area contributed by atoms with Crippen LogP contribution in [0.5, 0.6) is 5.75 Å². The molecule has 0 unspecified atom stereocenters. The molecule has 0 atom stereocenters. The molecule has 2 aromatic carbocycles. The first kappa shape index (κ1) is 32.2. The van der Waals surface area contributed by atoms with Crippen LogP contribution in [0.25, 0.3) is 11.4 Å². The van der Waals surface area contributed by atoms with Crippen molar-refractivity contribution in [2.75, 3.05) is 0 Å². The van der Waals surface area contributed by atoms with Crippen molar-refractivity contribution in [3.05, 3.63) is 92.4 Å². The lowest BCUT2D eigenvalue weighted by molar-refractivity contribution is -0.274. The quantitative estimate of drug-likeness (QED) is 0.231. The lowest BCUT2D eigenvalue weighted by Gasteiger charge is -2.28. The molecule has 0 radical (unpaired) electrons. The van der Waals surface area contributed by atoms with Crippen molar-refractivity contribution in [1.29, 1.82) is 0 Å². The highest BCUT2D eigenvalue weighted by molar-refractivity contribution is 7.07. The van der Waals surface area contributed by atoms with Gasteiger partial charge in [0.1, 0.15) is 12.1 Å². The Morgan fingerprint density at radius 1 is 1.02 bits per heavy atom. The minimum atomic E-state index is -4.74. The summed E-state index contributed by atoms with van der Waals surface area (Å²) >= 11 is 1.44. The molecule has 2 heterocycles. The summed E-state index contributed by atoms with van der Waals surface area (Å²) in [5.74, 6) is 0.926. The second kappa shape index (κ2) is 13.0. The fourth-order valence-electron chi connectivity index (χ4n) is 6.12. The van der Waals surface area contributed by atoms with E-state index in [4.69, 9.17) is 0 Å². The van der Waals surface area contributed by atoms with Crippen LogP contribution in [0.3, 0.4) is 0 Å². The molecule has 0 bridgehead atoms. The Morgan fingerprint density at radius 3 is 2.29 bits per heavy atom. The lowest BCUT2D eigenvalue weighted by atomic mass is 9.78. The third-order valence-corrected chi connectivity index (χ3v) is 9.31. The summed E-state index contributed by atoms with van der Waals surface area (Å²) in [4.78, 5) is 22.6. The van der Waals surface area contributed by atoms with E-state index in [-0.39, 0.29) is 11.7 Å². The molecule has 238 valence electrons. The first-order valence-corrected chi connectivity index (χ1v) is 15.7. The number of carbonyl (C=O) groups is 1. The van der Waals surface area contributed by atoms with Gasteiger partial charge in [0.05, 0.1) is 11.4 Å². The van der Waals surface area contributed by atoms with Gasteiger partial charge in [-0.1, -0.05) is 23.3 Å². The number of allylic oxidation sites excluding steroid dienone is 2. The van der Waals surface area contributed by atoms with Gasteiger partial charge in [-0.25, -0.2) is 14.5 Å². The van der Waals surface area contributed by atoms with Gasteiger partial charge in [-0.15, -0.1) is 24.5 Å². The molecule has 1 fully saturated rings. The molecule has 1 aliphatic carbocycles. The summed E-state index contributed by atoms with van der Waals surface area (Å²) in [6.45, 7) is 12.2. The Bertz CT molecular complexity index is 1770. The molecule has 5 rings (SSSR count). The molecule has 2 amide bonds. The second-order valence-corrected chi connectivity index (χ2v) is 12.6. The Morgan fingerprint density at radius 2 is 1.67 bits per heavy atom. The van der Waals surface area contributed by atoms with Gasteiger partial charge in [0.15, 0.2) is 10.6 Å². The number of hydrogen-bond acceptors (Lipinski definition) is 5. The van der Waals surface area contributed by atoms with E-state index in [1.54, 1.807) is 11.0 Å². The molecule has 4 aromatic rings. The molecule has 1 N–H and O–H groups in total. The van der Waals surface area contributed by atoms with Crippen molar-refractivity contribution in [2.24, 2.45) is 10.9 Å². The molecule has 0 saturated heterocycles. The third kappa shape index (κ3) is 7.55. The Labute approximate surface area is 264 Å². The minimum absolute atomic E-state index is 0.180. The maximum atomic E-state index is 13.1. The predicted molar refractivity (Wildman–Crippen MR) is 168 cm³/mol. The van der Waals surface area contributed by atoms with E-state index in [1.165, 1.54) is 41.2 Å². The number of halogens is 3. The third-order valence-electron chi connectivity index (χ3n) is 8.37. The number of urea groups is 1. The summed E-state index contributed by atoms with van der Waals surface area (Å²) in [5, 5.41) is 9.61. The number of aromatic nitrogens is 4. The van der Waals surface area contributed by atoms with Gasteiger partial charge in [0.2, 0.25) is 0 Å². The fraction of sp³-hybridized carbons (Fsp3) is 0.394. The first-order chi connectivity index (χ1) is 21.3. The highest BCUT2D eigenvalue weighted by atomic mass is 32.1. The second-order valence-electron chi connectivity index (χ2n) is 11.7. The lowest BCUT2D eigenvalue weighted by Crippen LogP contribution is -2.26. The summed E-state index contributed by atoms with van der Waals surface area (Å²) in [5.41, 5.74) is 8.09. The van der Waals surface area contributed by atoms with Crippen LogP contribution in [-0.4, -0.2) is 31.7 Å². The number of alkyl halides is 3. The standard InChI is InChI=1S/C33H37F3N6O2S/c1-19-15-20(2)29(21(3)16-19)42-22(4)17-45-32(42)39-31(43)38-24(6)23(5)25-7-9-26(10-8-25)30-37-18-41(40-30)27-11-13-28(14-12-27)44-33(34,35)36/h11-18,25-26H,7-10H2,1-6H3,(H,38,43)/b24-23+,39-32?. The number of thiazole rings is 1. The summed E-state index contributed by atoms with van der Waals surface area (Å²) in [6, 6.07) is 9.42. The maximum absolute atomic E-state index is 13.1. The number of nitrogens with zero attached hydrogens (tertiary/aromatic N) is 5. The zero-order valence-corrected chi connectivity index (χ0v) is 27.0. The SMILES string of the molecule is C/C(NC(=O)N=c1scc(C)n1-c1c(C)cc(C)cc1C)=C(/C)C1CCC(c2ncn(-c3ccc(OC(F)(F)F)cc3)n2)CC1. The van der Waals surface area contributed by atoms with Gasteiger partial charge in [-0.05, 0) is 109 Å². The number of amides is 2. The molecule has 12 heteroatoms. The molecule has 45 heavy (non-hydrogen) atoms. The van der Waals surface area contributed by atoms with Crippen molar-refractivity contribution < 1.29 is 22.7 Å². The maximum Gasteiger partial charge on any atom is 0.573 e. The van der Waals surface area contributed by atoms with Crippen LogP contribution in [0, 0.1) is 33.6 Å². The zero-order chi connectivity index (χ0) is 32.5. The summed E-state index contributed by atoms with van der Waals surface area (Å²) in [6.07, 6.45) is 0.472. The van der Waals surface area contributed by atoms with Crippen LogP contribution >= 0.6 is 11.3 Å². The normalized spacial score (nSPS) is 18.1. The number of ether oxygens (including phenoxy) is 1. The Balaban J connectivity index is 1.22. The van der Waals surface area contributed by atoms with E-state index in [2.05, 4.69) is 65.0 Å². The smallest absolute Gasteiger partial charge is 0.406 e. The van der Waals surface area contributed by atoms with Crippen molar-refractivity contribution in [2.45, 2.75) is 79.5 Å². The van der Waals surface area contributed by atoms with Crippen LogP contribution < -0.4 is 14.9 Å². The number of nitrogens with one attached hydrogen (secondary N) is 1. The van der Waals surface area contributed by atoms with Crippen molar-refractivity contribution in [3.63, 3.8) is 0 Å². The van der Waals surface area contributed by atoms with Crippen LogP contribution in [0.15, 0.2) is 64.4 Å². The molecule has 2 aromatic heterocycles. The van der Waals surface area contributed by atoms with Gasteiger partial charge >= 0.3 is 12.4 Å². The predicted octanol–water partition coefficient (Wildman–Crippen LogP) is 8.13. The Hall–Kier alpha value is -4.19. The number of benzene rings is 2. The average Bonchev–Trinajstić information content (AvgIpc) is 3.59. The molecule has 1 aliphatic rings. The molecule has 1 saturated carbocycles.